The van der Waals surface area contributed by atoms with Gasteiger partial charge in [0.15, 0.2) is 0 Å². The SMILES string of the molecule is O=C1C2CC(O)CN2C2(CN(Cc3ccccc3F)C2)C(=O)N1Cc1ccccc1F. The summed E-state index contributed by atoms with van der Waals surface area (Å²) in [6.45, 7) is 1.10. The lowest BCUT2D eigenvalue weighted by atomic mass is 9.82. The Bertz CT molecular complexity index is 1040. The molecule has 31 heavy (non-hydrogen) atoms. The summed E-state index contributed by atoms with van der Waals surface area (Å²) in [5.74, 6) is -1.55. The highest BCUT2D eigenvalue weighted by Gasteiger charge is 2.64. The predicted molar refractivity (Wildman–Crippen MR) is 107 cm³/mol. The van der Waals surface area contributed by atoms with Gasteiger partial charge in [-0.3, -0.25) is 24.3 Å². The highest BCUT2D eigenvalue weighted by atomic mass is 19.1. The molecule has 2 atom stereocenters. The van der Waals surface area contributed by atoms with E-state index in [4.69, 9.17) is 0 Å². The zero-order chi connectivity index (χ0) is 21.8. The minimum absolute atomic E-state index is 0.139. The number of hydrogen-bond acceptors (Lipinski definition) is 5. The highest BCUT2D eigenvalue weighted by molar-refractivity contribution is 6.06. The molecule has 0 aromatic heterocycles. The number of carbonyl (C=O) groups is 2. The first kappa shape index (κ1) is 20.2. The molecule has 3 fully saturated rings. The van der Waals surface area contributed by atoms with Gasteiger partial charge in [-0.2, -0.15) is 0 Å². The lowest BCUT2D eigenvalue weighted by Gasteiger charge is -2.58. The van der Waals surface area contributed by atoms with Gasteiger partial charge in [0.25, 0.3) is 5.91 Å². The molecule has 3 aliphatic rings. The number of amides is 2. The molecular formula is C23H23F2N3O3. The second-order valence-electron chi connectivity index (χ2n) is 8.65. The molecule has 6 nitrogen and oxygen atoms in total. The molecule has 0 saturated carbocycles. The van der Waals surface area contributed by atoms with Crippen LogP contribution in [0.5, 0.6) is 0 Å². The Labute approximate surface area is 178 Å². The number of halogens is 2. The second-order valence-corrected chi connectivity index (χ2v) is 8.65. The number of benzene rings is 2. The van der Waals surface area contributed by atoms with E-state index in [1.54, 1.807) is 41.3 Å². The van der Waals surface area contributed by atoms with Gasteiger partial charge in [0.05, 0.1) is 18.7 Å². The van der Waals surface area contributed by atoms with E-state index in [0.29, 0.717) is 25.2 Å². The molecule has 0 aliphatic carbocycles. The molecule has 8 heteroatoms. The van der Waals surface area contributed by atoms with Crippen molar-refractivity contribution in [3.8, 4) is 0 Å². The van der Waals surface area contributed by atoms with Crippen LogP contribution in [0.1, 0.15) is 17.5 Å². The lowest BCUT2D eigenvalue weighted by Crippen LogP contribution is -2.81. The minimum Gasteiger partial charge on any atom is -0.392 e. The number of hydrogen-bond donors (Lipinski definition) is 1. The smallest absolute Gasteiger partial charge is 0.252 e. The zero-order valence-corrected chi connectivity index (χ0v) is 16.9. The minimum atomic E-state index is -0.966. The normalized spacial score (nSPS) is 25.7. The molecule has 1 spiro atoms. The summed E-state index contributed by atoms with van der Waals surface area (Å²) < 4.78 is 28.3. The van der Waals surface area contributed by atoms with Crippen molar-refractivity contribution >= 4 is 11.8 Å². The van der Waals surface area contributed by atoms with Crippen molar-refractivity contribution in [3.63, 3.8) is 0 Å². The first-order chi connectivity index (χ1) is 14.9. The number of nitrogens with zero attached hydrogens (tertiary/aromatic N) is 3. The topological polar surface area (TPSA) is 64.1 Å². The van der Waals surface area contributed by atoms with Gasteiger partial charge in [0.1, 0.15) is 17.2 Å². The van der Waals surface area contributed by atoms with E-state index in [1.165, 1.54) is 12.1 Å². The third kappa shape index (κ3) is 3.26. The number of rotatable bonds is 4. The third-order valence-corrected chi connectivity index (χ3v) is 6.63. The fraction of sp³-hybridized carbons (Fsp3) is 0.391. The van der Waals surface area contributed by atoms with Gasteiger partial charge in [-0.15, -0.1) is 0 Å². The maximum absolute atomic E-state index is 14.2. The number of carbonyl (C=O) groups excluding carboxylic acids is 2. The molecule has 0 bridgehead atoms. The first-order valence-corrected chi connectivity index (χ1v) is 10.4. The zero-order valence-electron chi connectivity index (χ0n) is 16.9. The van der Waals surface area contributed by atoms with Crippen molar-refractivity contribution in [2.75, 3.05) is 19.6 Å². The van der Waals surface area contributed by atoms with Crippen LogP contribution in [0.3, 0.4) is 0 Å². The summed E-state index contributed by atoms with van der Waals surface area (Å²) in [7, 11) is 0. The monoisotopic (exact) mass is 427 g/mol. The standard InChI is InChI=1S/C23H23F2N3O3/c24-18-7-3-1-5-15(18)10-26-13-23(14-26)22(31)27(11-16-6-2-4-8-19(16)25)21(30)20-9-17(29)12-28(20)23/h1-8,17,20,29H,9-14H2. The molecule has 2 amide bonds. The Morgan fingerprint density at radius 2 is 1.52 bits per heavy atom. The van der Waals surface area contributed by atoms with Crippen molar-refractivity contribution in [3.05, 3.63) is 71.3 Å². The largest absolute Gasteiger partial charge is 0.392 e. The maximum Gasteiger partial charge on any atom is 0.252 e. The van der Waals surface area contributed by atoms with Gasteiger partial charge in [-0.1, -0.05) is 36.4 Å². The van der Waals surface area contributed by atoms with Crippen LogP contribution in [-0.2, 0) is 22.7 Å². The first-order valence-electron chi connectivity index (χ1n) is 10.4. The summed E-state index contributed by atoms with van der Waals surface area (Å²) in [5, 5.41) is 10.2. The molecule has 0 radical (unpaired) electrons. The molecule has 3 aliphatic heterocycles. The molecule has 2 unspecified atom stereocenters. The van der Waals surface area contributed by atoms with Crippen molar-refractivity contribution in [1.29, 1.82) is 0 Å². The van der Waals surface area contributed by atoms with Crippen LogP contribution in [0.15, 0.2) is 48.5 Å². The van der Waals surface area contributed by atoms with Crippen molar-refractivity contribution in [2.45, 2.75) is 37.2 Å². The van der Waals surface area contributed by atoms with E-state index in [9.17, 15) is 23.5 Å². The molecule has 2 aromatic carbocycles. The molecule has 5 rings (SSSR count). The number of piperazine rings is 1. The van der Waals surface area contributed by atoms with E-state index < -0.39 is 29.4 Å². The number of β-amino-alcohol motifs (C(OH)–C–C–N with tert-alkyl or cyclic N) is 1. The molecule has 1 N–H and O–H groups in total. The average molecular weight is 427 g/mol. The second kappa shape index (κ2) is 7.47. The number of aliphatic hydroxyl groups is 1. The fourth-order valence-corrected chi connectivity index (χ4v) is 5.11. The fourth-order valence-electron chi connectivity index (χ4n) is 5.11. The van der Waals surface area contributed by atoms with Crippen LogP contribution in [0.4, 0.5) is 8.78 Å². The van der Waals surface area contributed by atoms with E-state index in [1.807, 2.05) is 4.90 Å². The Kier molecular flexibility index (Phi) is 4.88. The Hall–Kier alpha value is -2.68. The quantitative estimate of drug-likeness (QED) is 0.750. The van der Waals surface area contributed by atoms with Crippen LogP contribution in [-0.4, -0.2) is 68.9 Å². The van der Waals surface area contributed by atoms with E-state index in [2.05, 4.69) is 0 Å². The average Bonchev–Trinajstić information content (AvgIpc) is 3.11. The van der Waals surface area contributed by atoms with E-state index >= 15 is 0 Å². The number of aliphatic hydroxyl groups excluding tert-OH is 1. The Morgan fingerprint density at radius 3 is 2.13 bits per heavy atom. The number of likely N-dealkylation sites (tertiary alicyclic amines) is 1. The maximum atomic E-state index is 14.2. The van der Waals surface area contributed by atoms with Crippen LogP contribution >= 0.6 is 0 Å². The van der Waals surface area contributed by atoms with Crippen molar-refractivity contribution in [1.82, 2.24) is 14.7 Å². The van der Waals surface area contributed by atoms with Crippen LogP contribution in [0.25, 0.3) is 0 Å². The summed E-state index contributed by atoms with van der Waals surface area (Å²) in [6, 6.07) is 12.0. The Balaban J connectivity index is 1.41. The summed E-state index contributed by atoms with van der Waals surface area (Å²) in [5.41, 5.74) is -0.154. The lowest BCUT2D eigenvalue weighted by molar-refractivity contribution is -0.181. The number of imide groups is 1. The molecule has 3 saturated heterocycles. The van der Waals surface area contributed by atoms with Gasteiger partial charge < -0.3 is 5.11 Å². The summed E-state index contributed by atoms with van der Waals surface area (Å²) >= 11 is 0. The molecule has 3 heterocycles. The summed E-state index contributed by atoms with van der Waals surface area (Å²) in [6.07, 6.45) is -0.456. The van der Waals surface area contributed by atoms with Gasteiger partial charge >= 0.3 is 0 Å². The van der Waals surface area contributed by atoms with E-state index in [-0.39, 0.29) is 36.8 Å². The van der Waals surface area contributed by atoms with E-state index in [0.717, 1.165) is 4.90 Å². The Morgan fingerprint density at radius 1 is 0.935 bits per heavy atom. The van der Waals surface area contributed by atoms with Crippen molar-refractivity contribution in [2.24, 2.45) is 0 Å². The van der Waals surface area contributed by atoms with Crippen molar-refractivity contribution < 1.29 is 23.5 Å². The number of fused-ring (bicyclic) bond motifs is 2. The van der Waals surface area contributed by atoms with Crippen LogP contribution < -0.4 is 0 Å². The van der Waals surface area contributed by atoms with Crippen LogP contribution in [0, 0.1) is 11.6 Å². The van der Waals surface area contributed by atoms with Crippen LogP contribution in [0.2, 0.25) is 0 Å². The van der Waals surface area contributed by atoms with Gasteiger partial charge in [-0.05, 0) is 18.6 Å². The highest BCUT2D eigenvalue weighted by Crippen LogP contribution is 2.41. The molecular weight excluding hydrogens is 404 g/mol. The molecule has 162 valence electrons. The third-order valence-electron chi connectivity index (χ3n) is 6.63. The van der Waals surface area contributed by atoms with Gasteiger partial charge in [-0.25, -0.2) is 8.78 Å². The predicted octanol–water partition coefficient (Wildman–Crippen LogP) is 1.52. The summed E-state index contributed by atoms with van der Waals surface area (Å²) in [4.78, 5) is 31.5. The molecule has 2 aromatic rings. The van der Waals surface area contributed by atoms with Gasteiger partial charge in [0, 0.05) is 37.3 Å². The van der Waals surface area contributed by atoms with Gasteiger partial charge in [0.2, 0.25) is 5.91 Å².